The van der Waals surface area contributed by atoms with Crippen molar-refractivity contribution in [2.75, 3.05) is 0 Å². The molecule has 0 aromatic carbocycles. The molecule has 12 heavy (non-hydrogen) atoms. The Hall–Kier alpha value is 0. The summed E-state index contributed by atoms with van der Waals surface area (Å²) in [6.07, 6.45) is 5.45. The van der Waals surface area contributed by atoms with E-state index in [0.29, 0.717) is 0 Å². The van der Waals surface area contributed by atoms with Gasteiger partial charge in [-0.1, -0.05) is 60.8 Å². The Morgan fingerprint density at radius 3 is 1.50 bits per heavy atom. The van der Waals surface area contributed by atoms with E-state index in [4.69, 9.17) is 0 Å². The lowest BCUT2D eigenvalue weighted by atomic mass is 10.1. The van der Waals surface area contributed by atoms with Crippen LogP contribution in [-0.2, 0) is 0 Å². The molecule has 0 aliphatic carbocycles. The highest BCUT2D eigenvalue weighted by Gasteiger charge is 1.91. The van der Waals surface area contributed by atoms with E-state index in [1.54, 1.807) is 5.92 Å². The van der Waals surface area contributed by atoms with E-state index in [9.17, 15) is 0 Å². The lowest BCUT2D eigenvalue weighted by Crippen LogP contribution is -1.82. The van der Waals surface area contributed by atoms with Gasteiger partial charge in [-0.3, -0.25) is 0 Å². The Balaban J connectivity index is 0. The highest BCUT2D eigenvalue weighted by molar-refractivity contribution is 4.75. The normalized spacial score (nSPS) is 10.0. The molecule has 0 aromatic heterocycles. The van der Waals surface area contributed by atoms with Crippen LogP contribution < -0.4 is 0 Å². The maximum Gasteiger partial charge on any atom is -0.0303 e. The van der Waals surface area contributed by atoms with Crippen LogP contribution in [0.5, 0.6) is 0 Å². The van der Waals surface area contributed by atoms with Gasteiger partial charge in [0, 0.05) is 0 Å². The van der Waals surface area contributed by atoms with Crippen LogP contribution in [0.3, 0.4) is 0 Å². The van der Waals surface area contributed by atoms with Crippen molar-refractivity contribution in [3.63, 3.8) is 0 Å². The molecule has 0 amide bonds. The van der Waals surface area contributed by atoms with Crippen LogP contribution in [-0.4, -0.2) is 0 Å². The van der Waals surface area contributed by atoms with Crippen molar-refractivity contribution >= 4 is 0 Å². The zero-order chi connectivity index (χ0) is 9.98. The molecule has 0 aromatic rings. The van der Waals surface area contributed by atoms with Crippen molar-refractivity contribution in [2.45, 2.75) is 67.2 Å². The van der Waals surface area contributed by atoms with Crippen molar-refractivity contribution in [2.24, 2.45) is 0 Å². The predicted octanol–water partition coefficient (Wildman–Crippen LogP) is 4.80. The highest BCUT2D eigenvalue weighted by atomic mass is 14.0. The first-order chi connectivity index (χ1) is 5.50. The quantitative estimate of drug-likeness (QED) is 0.531. The van der Waals surface area contributed by atoms with Gasteiger partial charge in [0.15, 0.2) is 0 Å². The van der Waals surface area contributed by atoms with E-state index in [-0.39, 0.29) is 0 Å². The maximum atomic E-state index is 2.24. The van der Waals surface area contributed by atoms with Crippen LogP contribution >= 0.6 is 0 Å². The Bertz CT molecular complexity index is 59.7. The molecular formula is C12H26. The molecule has 0 heteroatoms. The standard InChI is InChI=1S/C8H17.C4H9/c1-4-5-6-7-8(2)3;1-4(2)3/h4-7H2,1-3H3;1-3H3. The van der Waals surface area contributed by atoms with Gasteiger partial charge >= 0.3 is 0 Å². The van der Waals surface area contributed by atoms with Gasteiger partial charge < -0.3 is 0 Å². The lowest BCUT2D eigenvalue weighted by molar-refractivity contribution is 0.677. The summed E-state index contributed by atoms with van der Waals surface area (Å²) in [4.78, 5) is 0. The largest absolute Gasteiger partial charge is 0.0654 e. The van der Waals surface area contributed by atoms with Gasteiger partial charge in [-0.2, -0.15) is 0 Å². The van der Waals surface area contributed by atoms with E-state index >= 15 is 0 Å². The van der Waals surface area contributed by atoms with Crippen molar-refractivity contribution in [3.05, 3.63) is 11.8 Å². The van der Waals surface area contributed by atoms with Gasteiger partial charge in [-0.25, -0.2) is 0 Å². The first-order valence-electron chi connectivity index (χ1n) is 5.06. The van der Waals surface area contributed by atoms with Crippen molar-refractivity contribution < 1.29 is 0 Å². The first kappa shape index (κ1) is 14.5. The second-order valence-corrected chi connectivity index (χ2v) is 4.16. The summed E-state index contributed by atoms with van der Waals surface area (Å²) in [5.41, 5.74) is 0. The van der Waals surface area contributed by atoms with Crippen LogP contribution in [0.25, 0.3) is 0 Å². The van der Waals surface area contributed by atoms with E-state index in [0.717, 1.165) is 0 Å². The summed E-state index contributed by atoms with van der Waals surface area (Å²) in [6.45, 7) is 12.9. The molecule has 0 spiro atoms. The van der Waals surface area contributed by atoms with Crippen LogP contribution in [0.2, 0.25) is 0 Å². The molecule has 0 nitrogen and oxygen atoms in total. The molecule has 0 heterocycles. The minimum absolute atomic E-state index is 1.33. The highest BCUT2D eigenvalue weighted by Crippen LogP contribution is 2.08. The summed E-state index contributed by atoms with van der Waals surface area (Å²) >= 11 is 0. The second-order valence-electron chi connectivity index (χ2n) is 4.16. The predicted molar refractivity (Wildman–Crippen MR) is 59.0 cm³/mol. The Kier molecular flexibility index (Phi) is 13.3. The minimum Gasteiger partial charge on any atom is -0.0654 e. The van der Waals surface area contributed by atoms with Crippen LogP contribution in [0.1, 0.15) is 67.2 Å². The molecule has 0 N–H and O–H groups in total. The molecule has 0 unspecified atom stereocenters. The van der Waals surface area contributed by atoms with Gasteiger partial charge in [0.25, 0.3) is 0 Å². The molecule has 74 valence electrons. The zero-order valence-electron chi connectivity index (χ0n) is 9.83. The topological polar surface area (TPSA) is 0 Å². The first-order valence-corrected chi connectivity index (χ1v) is 5.06. The molecule has 2 radical (unpaired) electrons. The molecule has 0 rings (SSSR count). The van der Waals surface area contributed by atoms with E-state index < -0.39 is 0 Å². The summed E-state index contributed by atoms with van der Waals surface area (Å²) in [5, 5.41) is 0. The minimum atomic E-state index is 1.33. The number of unbranched alkanes of at least 4 members (excludes halogenated alkanes) is 2. The monoisotopic (exact) mass is 170 g/mol. The van der Waals surface area contributed by atoms with Crippen LogP contribution in [0.15, 0.2) is 0 Å². The van der Waals surface area contributed by atoms with E-state index in [2.05, 4.69) is 41.5 Å². The average molecular weight is 170 g/mol. The molecule has 0 saturated heterocycles. The molecule has 0 bridgehead atoms. The molecule has 0 aliphatic heterocycles. The van der Waals surface area contributed by atoms with Gasteiger partial charge in [0.2, 0.25) is 0 Å². The smallest absolute Gasteiger partial charge is 0.0303 e. The zero-order valence-corrected chi connectivity index (χ0v) is 9.83. The van der Waals surface area contributed by atoms with E-state index in [1.165, 1.54) is 31.6 Å². The fourth-order valence-corrected chi connectivity index (χ4v) is 0.729. The third-order valence-electron chi connectivity index (χ3n) is 1.28. The number of rotatable bonds is 4. The fourth-order valence-electron chi connectivity index (χ4n) is 0.729. The summed E-state index contributed by atoms with van der Waals surface area (Å²) < 4.78 is 0. The SMILES string of the molecule is CCCCC[C](C)C.C[C](C)C. The van der Waals surface area contributed by atoms with Gasteiger partial charge in [0.05, 0.1) is 0 Å². The molecular weight excluding hydrogens is 144 g/mol. The molecule has 0 aliphatic rings. The van der Waals surface area contributed by atoms with Crippen LogP contribution in [0, 0.1) is 11.8 Å². The lowest BCUT2D eigenvalue weighted by Gasteiger charge is -2.00. The summed E-state index contributed by atoms with van der Waals surface area (Å²) in [6, 6.07) is 0. The number of hydrogen-bond donors (Lipinski definition) is 0. The van der Waals surface area contributed by atoms with Crippen molar-refractivity contribution in [1.82, 2.24) is 0 Å². The Morgan fingerprint density at radius 1 is 0.833 bits per heavy atom. The third kappa shape index (κ3) is 32.4. The van der Waals surface area contributed by atoms with E-state index in [1.807, 2.05) is 0 Å². The summed E-state index contributed by atoms with van der Waals surface area (Å²) in [7, 11) is 0. The van der Waals surface area contributed by atoms with Gasteiger partial charge in [-0.15, -0.1) is 0 Å². The Morgan fingerprint density at radius 2 is 1.25 bits per heavy atom. The molecule has 0 fully saturated rings. The van der Waals surface area contributed by atoms with Gasteiger partial charge in [-0.05, 0) is 18.3 Å². The second kappa shape index (κ2) is 11.0. The Labute approximate surface area is 79.8 Å². The number of hydrogen-bond acceptors (Lipinski definition) is 0. The van der Waals surface area contributed by atoms with Crippen LogP contribution in [0.4, 0.5) is 0 Å². The maximum absolute atomic E-state index is 2.24. The van der Waals surface area contributed by atoms with Crippen molar-refractivity contribution in [3.8, 4) is 0 Å². The van der Waals surface area contributed by atoms with Gasteiger partial charge in [0.1, 0.15) is 0 Å². The average Bonchev–Trinajstić information content (AvgIpc) is 1.86. The fraction of sp³-hybridized carbons (Fsp3) is 0.833. The summed E-state index contributed by atoms with van der Waals surface area (Å²) in [5.74, 6) is 2.98. The molecule has 0 atom stereocenters. The van der Waals surface area contributed by atoms with Crippen molar-refractivity contribution in [1.29, 1.82) is 0 Å². The molecule has 0 saturated carbocycles. The third-order valence-corrected chi connectivity index (χ3v) is 1.28.